The summed E-state index contributed by atoms with van der Waals surface area (Å²) < 4.78 is 2.32. The van der Waals surface area contributed by atoms with Gasteiger partial charge in [0.15, 0.2) is 0 Å². The van der Waals surface area contributed by atoms with Crippen molar-refractivity contribution in [3.63, 3.8) is 0 Å². The van der Waals surface area contributed by atoms with Crippen molar-refractivity contribution in [1.29, 1.82) is 0 Å². The van der Waals surface area contributed by atoms with Crippen molar-refractivity contribution in [3.8, 4) is 0 Å². The normalized spacial score (nSPS) is 11.5. The summed E-state index contributed by atoms with van der Waals surface area (Å²) in [5, 5.41) is 6.58. The van der Waals surface area contributed by atoms with E-state index in [9.17, 15) is 4.79 Å². The number of aromatic nitrogens is 1. The number of nitrogens with one attached hydrogen (secondary N) is 1. The summed E-state index contributed by atoms with van der Waals surface area (Å²) in [4.78, 5) is 12.0. The van der Waals surface area contributed by atoms with Gasteiger partial charge in [-0.05, 0) is 42.7 Å². The fourth-order valence-corrected chi connectivity index (χ4v) is 3.63. The topological polar surface area (TPSA) is 46.4 Å². The monoisotopic (exact) mass is 369 g/mol. The van der Waals surface area contributed by atoms with E-state index in [1.165, 1.54) is 21.8 Å². The Labute approximate surface area is 164 Å². The van der Waals surface area contributed by atoms with Crippen LogP contribution >= 0.6 is 0 Å². The fraction of sp³-hybridized carbons (Fsp3) is 0.167. The highest BCUT2D eigenvalue weighted by molar-refractivity contribution is 6.09. The molecule has 1 N–H and O–H groups in total. The van der Waals surface area contributed by atoms with Crippen LogP contribution < -0.4 is 5.43 Å². The van der Waals surface area contributed by atoms with E-state index in [1.54, 1.807) is 6.21 Å². The predicted octanol–water partition coefficient (Wildman–Crippen LogP) is 4.90. The fourth-order valence-electron chi connectivity index (χ4n) is 3.63. The molecule has 3 aromatic carbocycles. The Hall–Kier alpha value is -3.40. The van der Waals surface area contributed by atoms with Crippen LogP contribution in [0.15, 0.2) is 77.9 Å². The minimum absolute atomic E-state index is 0.0798. The second-order valence-corrected chi connectivity index (χ2v) is 6.82. The zero-order chi connectivity index (χ0) is 19.3. The molecule has 0 aliphatic rings. The zero-order valence-corrected chi connectivity index (χ0v) is 15.9. The minimum Gasteiger partial charge on any atom is -0.341 e. The lowest BCUT2D eigenvalue weighted by Crippen LogP contribution is -2.17. The highest BCUT2D eigenvalue weighted by Crippen LogP contribution is 2.29. The standard InChI is InChI=1S/C24H23N3O/c1-2-27-22-11-7-6-10-20(22)21-16-19(12-14-23(21)27)17-25-26-24(28)15-13-18-8-4-3-5-9-18/h3-12,14,16-17H,2,13,15H2,1H3,(H,26,28)/b25-17-. The van der Waals surface area contributed by atoms with E-state index in [1.807, 2.05) is 36.4 Å². The van der Waals surface area contributed by atoms with Crippen LogP contribution in [0.1, 0.15) is 24.5 Å². The Morgan fingerprint density at radius 2 is 1.71 bits per heavy atom. The zero-order valence-electron chi connectivity index (χ0n) is 15.9. The smallest absolute Gasteiger partial charge is 0.240 e. The molecule has 4 rings (SSSR count). The Morgan fingerprint density at radius 3 is 2.54 bits per heavy atom. The van der Waals surface area contributed by atoms with E-state index in [0.29, 0.717) is 12.8 Å². The van der Waals surface area contributed by atoms with Crippen molar-refractivity contribution in [2.45, 2.75) is 26.3 Å². The molecule has 4 nitrogen and oxygen atoms in total. The van der Waals surface area contributed by atoms with Crippen LogP contribution in [-0.2, 0) is 17.8 Å². The molecule has 0 saturated carbocycles. The van der Waals surface area contributed by atoms with E-state index >= 15 is 0 Å². The van der Waals surface area contributed by atoms with E-state index in [-0.39, 0.29) is 5.91 Å². The number of benzene rings is 3. The van der Waals surface area contributed by atoms with E-state index < -0.39 is 0 Å². The maximum atomic E-state index is 12.0. The van der Waals surface area contributed by atoms with Gasteiger partial charge < -0.3 is 4.57 Å². The van der Waals surface area contributed by atoms with Crippen LogP contribution in [0.4, 0.5) is 0 Å². The van der Waals surface area contributed by atoms with Gasteiger partial charge in [-0.25, -0.2) is 5.43 Å². The molecular formula is C24H23N3O. The molecule has 1 aromatic heterocycles. The molecule has 0 saturated heterocycles. The molecule has 0 bridgehead atoms. The summed E-state index contributed by atoms with van der Waals surface area (Å²) >= 11 is 0. The number of hydrazone groups is 1. The Bertz CT molecular complexity index is 1140. The summed E-state index contributed by atoms with van der Waals surface area (Å²) in [5.41, 5.74) is 7.20. The molecule has 0 unspecified atom stereocenters. The van der Waals surface area contributed by atoms with Crippen LogP contribution in [0.2, 0.25) is 0 Å². The third-order valence-corrected chi connectivity index (χ3v) is 5.00. The SMILES string of the molecule is CCn1c2ccccc2c2cc(/C=N\NC(=O)CCc3ccccc3)ccc21. The number of nitrogens with zero attached hydrogens (tertiary/aromatic N) is 2. The molecule has 4 aromatic rings. The van der Waals surface area contributed by atoms with Gasteiger partial charge >= 0.3 is 0 Å². The quantitative estimate of drug-likeness (QED) is 0.381. The van der Waals surface area contributed by atoms with E-state index in [4.69, 9.17) is 0 Å². The van der Waals surface area contributed by atoms with Gasteiger partial charge in [-0.2, -0.15) is 5.10 Å². The molecule has 1 amide bonds. The summed E-state index contributed by atoms with van der Waals surface area (Å²) in [6.07, 6.45) is 2.84. The average Bonchev–Trinajstić information content (AvgIpc) is 3.06. The Kier molecular flexibility index (Phi) is 5.20. The molecule has 0 radical (unpaired) electrons. The van der Waals surface area contributed by atoms with Crippen LogP contribution in [0, 0.1) is 0 Å². The van der Waals surface area contributed by atoms with Crippen LogP contribution in [0.5, 0.6) is 0 Å². The van der Waals surface area contributed by atoms with Crippen molar-refractivity contribution in [3.05, 3.63) is 83.9 Å². The summed E-state index contributed by atoms with van der Waals surface area (Å²) in [5.74, 6) is -0.0798. The van der Waals surface area contributed by atoms with Gasteiger partial charge in [-0.15, -0.1) is 0 Å². The Balaban J connectivity index is 1.47. The average molecular weight is 369 g/mol. The number of aryl methyl sites for hydroxylation is 2. The number of hydrogen-bond acceptors (Lipinski definition) is 2. The second kappa shape index (κ2) is 8.09. The third kappa shape index (κ3) is 3.67. The van der Waals surface area contributed by atoms with Crippen LogP contribution in [0.3, 0.4) is 0 Å². The van der Waals surface area contributed by atoms with E-state index in [2.05, 4.69) is 58.4 Å². The number of carbonyl (C=O) groups is 1. The summed E-state index contributed by atoms with van der Waals surface area (Å²) in [7, 11) is 0. The molecule has 0 spiro atoms. The summed E-state index contributed by atoms with van der Waals surface area (Å²) in [6, 6.07) is 24.7. The first kappa shape index (κ1) is 18.0. The number of amides is 1. The first-order valence-electron chi connectivity index (χ1n) is 9.63. The number of carbonyl (C=O) groups excluding carboxylic acids is 1. The lowest BCUT2D eigenvalue weighted by molar-refractivity contribution is -0.121. The maximum Gasteiger partial charge on any atom is 0.240 e. The maximum absolute atomic E-state index is 12.0. The van der Waals surface area contributed by atoms with Gasteiger partial charge in [-0.3, -0.25) is 4.79 Å². The van der Waals surface area contributed by atoms with Crippen molar-refractivity contribution < 1.29 is 4.79 Å². The third-order valence-electron chi connectivity index (χ3n) is 5.00. The van der Waals surface area contributed by atoms with Gasteiger partial charge in [0.2, 0.25) is 5.91 Å². The molecule has 0 aliphatic heterocycles. The van der Waals surface area contributed by atoms with Crippen LogP contribution in [-0.4, -0.2) is 16.7 Å². The lowest BCUT2D eigenvalue weighted by atomic mass is 10.1. The minimum atomic E-state index is -0.0798. The highest BCUT2D eigenvalue weighted by Gasteiger charge is 2.09. The number of hydrogen-bond donors (Lipinski definition) is 1. The Morgan fingerprint density at radius 1 is 0.964 bits per heavy atom. The van der Waals surface area contributed by atoms with Gasteiger partial charge in [0, 0.05) is 34.8 Å². The largest absolute Gasteiger partial charge is 0.341 e. The number of fused-ring (bicyclic) bond motifs is 3. The van der Waals surface area contributed by atoms with Gasteiger partial charge in [-0.1, -0.05) is 54.6 Å². The second-order valence-electron chi connectivity index (χ2n) is 6.82. The van der Waals surface area contributed by atoms with Crippen LogP contribution in [0.25, 0.3) is 21.8 Å². The molecule has 28 heavy (non-hydrogen) atoms. The van der Waals surface area contributed by atoms with Gasteiger partial charge in [0.1, 0.15) is 0 Å². The first-order chi connectivity index (χ1) is 13.8. The van der Waals surface area contributed by atoms with E-state index in [0.717, 1.165) is 17.7 Å². The number of rotatable bonds is 6. The molecule has 4 heteroatoms. The first-order valence-corrected chi connectivity index (χ1v) is 9.63. The van der Waals surface area contributed by atoms with Crippen molar-refractivity contribution in [2.24, 2.45) is 5.10 Å². The summed E-state index contributed by atoms with van der Waals surface area (Å²) in [6.45, 7) is 3.08. The molecule has 140 valence electrons. The van der Waals surface area contributed by atoms with Crippen molar-refractivity contribution in [2.75, 3.05) is 0 Å². The van der Waals surface area contributed by atoms with Gasteiger partial charge in [0.25, 0.3) is 0 Å². The molecule has 0 atom stereocenters. The molecule has 0 fully saturated rings. The number of para-hydroxylation sites is 1. The highest BCUT2D eigenvalue weighted by atomic mass is 16.2. The molecule has 0 aliphatic carbocycles. The van der Waals surface area contributed by atoms with Crippen molar-refractivity contribution >= 4 is 33.9 Å². The predicted molar refractivity (Wildman–Crippen MR) is 116 cm³/mol. The lowest BCUT2D eigenvalue weighted by Gasteiger charge is -2.03. The van der Waals surface area contributed by atoms with Gasteiger partial charge in [0.05, 0.1) is 6.21 Å². The molecular weight excluding hydrogens is 346 g/mol. The van der Waals surface area contributed by atoms with Crippen molar-refractivity contribution in [1.82, 2.24) is 9.99 Å². The molecule has 1 heterocycles.